The fourth-order valence-corrected chi connectivity index (χ4v) is 2.41. The average molecular weight is 299 g/mol. The van der Waals surface area contributed by atoms with Gasteiger partial charge in [0, 0.05) is 6.42 Å². The van der Waals surface area contributed by atoms with E-state index in [0.29, 0.717) is 12.8 Å². The summed E-state index contributed by atoms with van der Waals surface area (Å²) in [6.45, 7) is 3.59. The molecule has 0 aromatic heterocycles. The Hall–Kier alpha value is -2.36. The van der Waals surface area contributed by atoms with Crippen molar-refractivity contribution in [2.45, 2.75) is 32.7 Å². The minimum atomic E-state index is -0.338. The van der Waals surface area contributed by atoms with E-state index >= 15 is 0 Å². The van der Waals surface area contributed by atoms with E-state index in [9.17, 15) is 9.59 Å². The first kappa shape index (κ1) is 16.0. The van der Waals surface area contributed by atoms with E-state index in [-0.39, 0.29) is 24.5 Å². The van der Waals surface area contributed by atoms with E-state index in [1.807, 2.05) is 56.3 Å². The molecule has 22 heavy (non-hydrogen) atoms. The van der Waals surface area contributed by atoms with Crippen LogP contribution in [0.3, 0.4) is 0 Å². The molecule has 0 radical (unpaired) electrons. The molecule has 116 valence electrons. The van der Waals surface area contributed by atoms with E-state index in [0.717, 1.165) is 16.3 Å². The van der Waals surface area contributed by atoms with Gasteiger partial charge in [0.15, 0.2) is 6.61 Å². The zero-order valence-corrected chi connectivity index (χ0v) is 13.0. The monoisotopic (exact) mass is 299 g/mol. The first-order chi connectivity index (χ1) is 10.6. The number of carbonyl (C=O) groups excluding carboxylic acids is 2. The summed E-state index contributed by atoms with van der Waals surface area (Å²) >= 11 is 0. The zero-order valence-electron chi connectivity index (χ0n) is 13.0. The Morgan fingerprint density at radius 1 is 1.14 bits per heavy atom. The Kier molecular flexibility index (Phi) is 5.53. The number of rotatable bonds is 6. The second kappa shape index (κ2) is 7.59. The summed E-state index contributed by atoms with van der Waals surface area (Å²) in [6, 6.07) is 13.9. The molecule has 0 unspecified atom stereocenters. The van der Waals surface area contributed by atoms with Crippen LogP contribution in [-0.2, 0) is 14.3 Å². The van der Waals surface area contributed by atoms with E-state index in [1.54, 1.807) is 0 Å². The summed E-state index contributed by atoms with van der Waals surface area (Å²) in [5, 5.41) is 5.12. The Morgan fingerprint density at radius 2 is 1.86 bits per heavy atom. The standard InChI is InChI=1S/C18H21NO3/c1-3-7-18(21)22-12-17(20)19-13(2)15-11-6-9-14-8-4-5-10-16(14)15/h4-6,8-11,13H,3,7,12H2,1-2H3,(H,19,20)/t13-/m0/s1. The van der Waals surface area contributed by atoms with Crippen molar-refractivity contribution in [3.8, 4) is 0 Å². The van der Waals surface area contributed by atoms with Gasteiger partial charge in [-0.2, -0.15) is 0 Å². The molecule has 4 nitrogen and oxygen atoms in total. The Morgan fingerprint density at radius 3 is 2.64 bits per heavy atom. The molecule has 0 spiro atoms. The summed E-state index contributed by atoms with van der Waals surface area (Å²) < 4.78 is 4.92. The van der Waals surface area contributed by atoms with E-state index in [1.165, 1.54) is 0 Å². The lowest BCUT2D eigenvalue weighted by Crippen LogP contribution is -2.31. The van der Waals surface area contributed by atoms with Crippen molar-refractivity contribution in [1.29, 1.82) is 0 Å². The van der Waals surface area contributed by atoms with Gasteiger partial charge in [-0.1, -0.05) is 49.4 Å². The van der Waals surface area contributed by atoms with Gasteiger partial charge in [0.1, 0.15) is 0 Å². The molecule has 4 heteroatoms. The van der Waals surface area contributed by atoms with Crippen LogP contribution in [0.1, 0.15) is 38.3 Å². The molecule has 0 aliphatic carbocycles. The fraction of sp³-hybridized carbons (Fsp3) is 0.333. The number of carbonyl (C=O) groups is 2. The molecule has 0 aliphatic heterocycles. The lowest BCUT2D eigenvalue weighted by molar-refractivity contribution is -0.148. The summed E-state index contributed by atoms with van der Waals surface area (Å²) in [5.41, 5.74) is 1.05. The predicted octanol–water partition coefficient (Wildman–Crippen LogP) is 3.36. The number of nitrogens with one attached hydrogen (secondary N) is 1. The highest BCUT2D eigenvalue weighted by atomic mass is 16.5. The lowest BCUT2D eigenvalue weighted by Gasteiger charge is -2.16. The molecule has 0 heterocycles. The minimum Gasteiger partial charge on any atom is -0.456 e. The molecular formula is C18H21NO3. The SMILES string of the molecule is CCCC(=O)OCC(=O)N[C@@H](C)c1cccc2ccccc12. The van der Waals surface area contributed by atoms with Gasteiger partial charge in [-0.05, 0) is 29.7 Å². The zero-order chi connectivity index (χ0) is 15.9. The van der Waals surface area contributed by atoms with Crippen molar-refractivity contribution in [2.75, 3.05) is 6.61 Å². The quantitative estimate of drug-likeness (QED) is 0.832. The summed E-state index contributed by atoms with van der Waals surface area (Å²) in [5.74, 6) is -0.625. The van der Waals surface area contributed by atoms with Gasteiger partial charge >= 0.3 is 5.97 Å². The van der Waals surface area contributed by atoms with Crippen molar-refractivity contribution in [2.24, 2.45) is 0 Å². The van der Waals surface area contributed by atoms with E-state index in [2.05, 4.69) is 5.32 Å². The molecule has 2 aromatic rings. The van der Waals surface area contributed by atoms with Gasteiger partial charge in [0.05, 0.1) is 6.04 Å². The smallest absolute Gasteiger partial charge is 0.306 e. The van der Waals surface area contributed by atoms with Crippen LogP contribution >= 0.6 is 0 Å². The predicted molar refractivity (Wildman–Crippen MR) is 86.4 cm³/mol. The second-order valence-corrected chi connectivity index (χ2v) is 5.27. The molecule has 1 atom stereocenters. The maximum Gasteiger partial charge on any atom is 0.306 e. The van der Waals surface area contributed by atoms with Crippen molar-refractivity contribution in [3.05, 3.63) is 48.0 Å². The minimum absolute atomic E-state index is 0.150. The largest absolute Gasteiger partial charge is 0.456 e. The van der Waals surface area contributed by atoms with Gasteiger partial charge in [-0.3, -0.25) is 9.59 Å². The molecular weight excluding hydrogens is 278 g/mol. The van der Waals surface area contributed by atoms with Crippen molar-refractivity contribution in [1.82, 2.24) is 5.32 Å². The Labute approximate surface area is 130 Å². The summed E-state index contributed by atoms with van der Waals surface area (Å²) in [7, 11) is 0. The van der Waals surface area contributed by atoms with E-state index < -0.39 is 0 Å². The van der Waals surface area contributed by atoms with Crippen LogP contribution in [0.4, 0.5) is 0 Å². The second-order valence-electron chi connectivity index (χ2n) is 5.27. The van der Waals surface area contributed by atoms with Gasteiger partial charge in [-0.25, -0.2) is 0 Å². The van der Waals surface area contributed by atoms with Gasteiger partial charge in [-0.15, -0.1) is 0 Å². The number of hydrogen-bond acceptors (Lipinski definition) is 3. The molecule has 0 saturated carbocycles. The highest BCUT2D eigenvalue weighted by molar-refractivity contribution is 5.87. The normalized spacial score (nSPS) is 11.9. The molecule has 0 bridgehead atoms. The van der Waals surface area contributed by atoms with Crippen LogP contribution in [0, 0.1) is 0 Å². The summed E-state index contributed by atoms with van der Waals surface area (Å²) in [6.07, 6.45) is 1.05. The summed E-state index contributed by atoms with van der Waals surface area (Å²) in [4.78, 5) is 23.2. The molecule has 0 saturated heterocycles. The number of hydrogen-bond donors (Lipinski definition) is 1. The number of benzene rings is 2. The van der Waals surface area contributed by atoms with Crippen LogP contribution in [0.25, 0.3) is 10.8 Å². The third-order valence-electron chi connectivity index (χ3n) is 3.49. The maximum absolute atomic E-state index is 11.9. The number of esters is 1. The van der Waals surface area contributed by atoms with Gasteiger partial charge in [0.25, 0.3) is 5.91 Å². The van der Waals surface area contributed by atoms with E-state index in [4.69, 9.17) is 4.74 Å². The van der Waals surface area contributed by atoms with Gasteiger partial charge in [0.2, 0.25) is 0 Å². The average Bonchev–Trinajstić information content (AvgIpc) is 2.52. The van der Waals surface area contributed by atoms with Crippen LogP contribution in [0.2, 0.25) is 0 Å². The van der Waals surface area contributed by atoms with Crippen LogP contribution in [0.5, 0.6) is 0 Å². The molecule has 2 rings (SSSR count). The van der Waals surface area contributed by atoms with Gasteiger partial charge < -0.3 is 10.1 Å². The Balaban J connectivity index is 2.00. The van der Waals surface area contributed by atoms with Crippen LogP contribution < -0.4 is 5.32 Å². The highest BCUT2D eigenvalue weighted by Gasteiger charge is 2.13. The molecule has 1 N–H and O–H groups in total. The lowest BCUT2D eigenvalue weighted by atomic mass is 10.00. The molecule has 1 amide bonds. The number of amides is 1. The van der Waals surface area contributed by atoms with Crippen molar-refractivity contribution < 1.29 is 14.3 Å². The topological polar surface area (TPSA) is 55.4 Å². The Bertz CT molecular complexity index is 661. The third kappa shape index (κ3) is 4.07. The number of ether oxygens (including phenoxy) is 1. The van der Waals surface area contributed by atoms with Crippen LogP contribution in [0.15, 0.2) is 42.5 Å². The number of fused-ring (bicyclic) bond motifs is 1. The highest BCUT2D eigenvalue weighted by Crippen LogP contribution is 2.23. The van der Waals surface area contributed by atoms with Crippen molar-refractivity contribution >= 4 is 22.6 Å². The molecule has 2 aromatic carbocycles. The maximum atomic E-state index is 11.9. The third-order valence-corrected chi connectivity index (χ3v) is 3.49. The van der Waals surface area contributed by atoms with Crippen LogP contribution in [-0.4, -0.2) is 18.5 Å². The first-order valence-corrected chi connectivity index (χ1v) is 7.54. The molecule has 0 aliphatic rings. The van der Waals surface area contributed by atoms with Crippen molar-refractivity contribution in [3.63, 3.8) is 0 Å². The first-order valence-electron chi connectivity index (χ1n) is 7.54. The molecule has 0 fully saturated rings. The fourth-order valence-electron chi connectivity index (χ4n) is 2.41.